The van der Waals surface area contributed by atoms with Crippen molar-refractivity contribution in [3.05, 3.63) is 53.6 Å². The first-order valence-electron chi connectivity index (χ1n) is 8.22. The lowest BCUT2D eigenvalue weighted by molar-refractivity contribution is 0.0664. The van der Waals surface area contributed by atoms with Gasteiger partial charge in [-0.15, -0.1) is 11.8 Å². The molecule has 0 fully saturated rings. The smallest absolute Gasteiger partial charge is 0.261 e. The summed E-state index contributed by atoms with van der Waals surface area (Å²) in [6.07, 6.45) is 0.872. The van der Waals surface area contributed by atoms with Crippen LogP contribution in [0.1, 0.15) is 27.1 Å². The Morgan fingerprint density at radius 2 is 1.60 bits per heavy atom. The first-order chi connectivity index (χ1) is 12.2. The van der Waals surface area contributed by atoms with Crippen LogP contribution in [-0.4, -0.2) is 42.2 Å². The zero-order chi connectivity index (χ0) is 17.2. The third-order valence-corrected chi connectivity index (χ3v) is 5.15. The van der Waals surface area contributed by atoms with E-state index >= 15 is 0 Å². The molecule has 0 N–H and O–H groups in total. The van der Waals surface area contributed by atoms with Crippen molar-refractivity contribution in [1.29, 1.82) is 0 Å². The van der Waals surface area contributed by atoms with Gasteiger partial charge in [-0.25, -0.2) is 0 Å². The van der Waals surface area contributed by atoms with Gasteiger partial charge in [0, 0.05) is 23.6 Å². The number of nitrogens with zero attached hydrogens (tertiary/aromatic N) is 1. The predicted octanol–water partition coefficient (Wildman–Crippen LogP) is 3.24. The number of rotatable bonds is 4. The van der Waals surface area contributed by atoms with E-state index in [1.54, 1.807) is 36.0 Å². The molecule has 128 valence electrons. The number of hydrogen-bond donors (Lipinski definition) is 0. The first-order valence-corrected chi connectivity index (χ1v) is 9.20. The summed E-state index contributed by atoms with van der Waals surface area (Å²) in [5, 5.41) is 0. The van der Waals surface area contributed by atoms with Crippen molar-refractivity contribution >= 4 is 23.6 Å². The van der Waals surface area contributed by atoms with Crippen LogP contribution >= 0.6 is 11.8 Å². The van der Waals surface area contributed by atoms with Gasteiger partial charge >= 0.3 is 0 Å². The minimum atomic E-state index is -0.208. The van der Waals surface area contributed by atoms with Gasteiger partial charge in [0.25, 0.3) is 11.8 Å². The van der Waals surface area contributed by atoms with Crippen LogP contribution in [0.3, 0.4) is 0 Å². The Labute approximate surface area is 149 Å². The van der Waals surface area contributed by atoms with Crippen molar-refractivity contribution in [2.75, 3.05) is 25.5 Å². The molecule has 2 aromatic carbocycles. The van der Waals surface area contributed by atoms with Crippen molar-refractivity contribution in [2.45, 2.75) is 11.3 Å². The van der Waals surface area contributed by atoms with Crippen LogP contribution in [0.15, 0.2) is 47.4 Å². The summed E-state index contributed by atoms with van der Waals surface area (Å²) in [4.78, 5) is 27.0. The Balaban J connectivity index is 1.40. The van der Waals surface area contributed by atoms with E-state index in [0.717, 1.165) is 22.8 Å². The van der Waals surface area contributed by atoms with Gasteiger partial charge in [0.1, 0.15) is 0 Å². The average molecular weight is 355 g/mol. The van der Waals surface area contributed by atoms with Crippen LogP contribution in [0, 0.1) is 0 Å². The molecule has 2 aliphatic rings. The summed E-state index contributed by atoms with van der Waals surface area (Å²) < 4.78 is 11.3. The molecule has 0 unspecified atom stereocenters. The van der Waals surface area contributed by atoms with Gasteiger partial charge in [-0.05, 0) is 30.3 Å². The molecule has 0 atom stereocenters. The van der Waals surface area contributed by atoms with Gasteiger partial charge < -0.3 is 9.47 Å². The average Bonchev–Trinajstić information content (AvgIpc) is 2.81. The number of thioether (sulfide) groups is 1. The molecule has 6 heteroatoms. The van der Waals surface area contributed by atoms with E-state index in [2.05, 4.69) is 0 Å². The van der Waals surface area contributed by atoms with Gasteiger partial charge in [0.05, 0.1) is 24.3 Å². The van der Waals surface area contributed by atoms with Gasteiger partial charge in [-0.3, -0.25) is 14.5 Å². The highest BCUT2D eigenvalue weighted by Crippen LogP contribution is 2.34. The molecule has 2 aliphatic heterocycles. The van der Waals surface area contributed by atoms with Crippen LogP contribution in [0.2, 0.25) is 0 Å². The van der Waals surface area contributed by atoms with Crippen LogP contribution in [0.4, 0.5) is 0 Å². The summed E-state index contributed by atoms with van der Waals surface area (Å²) in [5.41, 5.74) is 0.987. The minimum Gasteiger partial charge on any atom is -0.490 e. The van der Waals surface area contributed by atoms with Crippen molar-refractivity contribution in [2.24, 2.45) is 0 Å². The Morgan fingerprint density at radius 3 is 2.32 bits per heavy atom. The second-order valence-corrected chi connectivity index (χ2v) is 6.98. The maximum atomic E-state index is 12.3. The summed E-state index contributed by atoms with van der Waals surface area (Å²) in [5.74, 6) is 1.73. The molecular weight excluding hydrogens is 338 g/mol. The number of fused-ring (bicyclic) bond motifs is 2. The largest absolute Gasteiger partial charge is 0.490 e. The number of carbonyl (C=O) groups is 2. The molecule has 5 nitrogen and oxygen atoms in total. The number of benzene rings is 2. The molecular formula is C19H17NO4S. The van der Waals surface area contributed by atoms with E-state index in [1.165, 1.54) is 4.90 Å². The Morgan fingerprint density at radius 1 is 0.920 bits per heavy atom. The Bertz CT molecular complexity index is 801. The highest BCUT2D eigenvalue weighted by molar-refractivity contribution is 7.99. The van der Waals surface area contributed by atoms with E-state index in [4.69, 9.17) is 9.47 Å². The molecule has 0 saturated carbocycles. The van der Waals surface area contributed by atoms with E-state index in [1.807, 2.05) is 18.2 Å². The SMILES string of the molecule is O=C1c2ccccc2C(=O)N1CCSc1ccc2c(c1)OCCCO2. The second-order valence-electron chi connectivity index (χ2n) is 5.82. The third kappa shape index (κ3) is 3.09. The predicted molar refractivity (Wildman–Crippen MR) is 94.6 cm³/mol. The second kappa shape index (κ2) is 6.80. The lowest BCUT2D eigenvalue weighted by Gasteiger charge is -2.14. The molecule has 25 heavy (non-hydrogen) atoms. The Kier molecular flexibility index (Phi) is 4.36. The maximum absolute atomic E-state index is 12.3. The third-order valence-electron chi connectivity index (χ3n) is 4.18. The van der Waals surface area contributed by atoms with Crippen LogP contribution in [0.25, 0.3) is 0 Å². The quantitative estimate of drug-likeness (QED) is 0.622. The zero-order valence-corrected chi connectivity index (χ0v) is 14.4. The molecule has 2 aromatic rings. The molecule has 0 spiro atoms. The van der Waals surface area contributed by atoms with E-state index in [-0.39, 0.29) is 11.8 Å². The fourth-order valence-corrected chi connectivity index (χ4v) is 3.79. The van der Waals surface area contributed by atoms with Crippen molar-refractivity contribution in [3.63, 3.8) is 0 Å². The van der Waals surface area contributed by atoms with Gasteiger partial charge in [-0.2, -0.15) is 0 Å². The number of ether oxygens (including phenoxy) is 2. The molecule has 4 rings (SSSR count). The standard InChI is InChI=1S/C19H17NO4S/c21-18-14-4-1-2-5-15(14)19(22)20(18)8-11-25-13-6-7-16-17(12-13)24-10-3-9-23-16/h1-2,4-7,12H,3,8-11H2. The van der Waals surface area contributed by atoms with Crippen molar-refractivity contribution in [1.82, 2.24) is 4.90 Å². The monoisotopic (exact) mass is 355 g/mol. The fraction of sp³-hybridized carbons (Fsp3) is 0.263. The summed E-state index contributed by atoms with van der Waals surface area (Å²) in [7, 11) is 0. The number of imide groups is 1. The molecule has 0 aliphatic carbocycles. The normalized spacial score (nSPS) is 15.9. The molecule has 0 aromatic heterocycles. The zero-order valence-electron chi connectivity index (χ0n) is 13.6. The summed E-state index contributed by atoms with van der Waals surface area (Å²) >= 11 is 1.59. The minimum absolute atomic E-state index is 0.208. The summed E-state index contributed by atoms with van der Waals surface area (Å²) in [6.45, 7) is 1.70. The molecule has 0 saturated heterocycles. The first kappa shape index (κ1) is 16.0. The van der Waals surface area contributed by atoms with Gasteiger partial charge in [-0.1, -0.05) is 12.1 Å². The van der Waals surface area contributed by atoms with Crippen molar-refractivity contribution < 1.29 is 19.1 Å². The van der Waals surface area contributed by atoms with E-state index in [0.29, 0.717) is 36.6 Å². The highest BCUT2D eigenvalue weighted by atomic mass is 32.2. The fourth-order valence-electron chi connectivity index (χ4n) is 2.93. The maximum Gasteiger partial charge on any atom is 0.261 e. The van der Waals surface area contributed by atoms with Crippen LogP contribution in [-0.2, 0) is 0 Å². The lowest BCUT2D eigenvalue weighted by Crippen LogP contribution is -2.31. The van der Waals surface area contributed by atoms with Gasteiger partial charge in [0.15, 0.2) is 11.5 Å². The molecule has 0 radical (unpaired) electrons. The number of hydrogen-bond acceptors (Lipinski definition) is 5. The van der Waals surface area contributed by atoms with E-state index < -0.39 is 0 Å². The Hall–Kier alpha value is -2.47. The topological polar surface area (TPSA) is 55.8 Å². The molecule has 2 heterocycles. The number of carbonyl (C=O) groups excluding carboxylic acids is 2. The van der Waals surface area contributed by atoms with E-state index in [9.17, 15) is 9.59 Å². The van der Waals surface area contributed by atoms with Crippen LogP contribution < -0.4 is 9.47 Å². The number of amides is 2. The lowest BCUT2D eigenvalue weighted by atomic mass is 10.1. The highest BCUT2D eigenvalue weighted by Gasteiger charge is 2.34. The summed E-state index contributed by atoms with van der Waals surface area (Å²) in [6, 6.07) is 12.8. The van der Waals surface area contributed by atoms with Gasteiger partial charge in [0.2, 0.25) is 0 Å². The molecule has 2 amide bonds. The van der Waals surface area contributed by atoms with Crippen molar-refractivity contribution in [3.8, 4) is 11.5 Å². The van der Waals surface area contributed by atoms with Crippen LogP contribution in [0.5, 0.6) is 11.5 Å². The molecule has 0 bridgehead atoms.